The summed E-state index contributed by atoms with van der Waals surface area (Å²) in [5, 5.41) is 3.46. The van der Waals surface area contributed by atoms with Crippen LogP contribution in [-0.2, 0) is 5.54 Å². The summed E-state index contributed by atoms with van der Waals surface area (Å²) in [6, 6.07) is 7.75. The van der Waals surface area contributed by atoms with Gasteiger partial charge in [0.2, 0.25) is 5.95 Å². The van der Waals surface area contributed by atoms with Crippen molar-refractivity contribution in [3.8, 4) is 0 Å². The summed E-state index contributed by atoms with van der Waals surface area (Å²) in [5.74, 6) is 0.0268. The number of benzene rings is 1. The average Bonchev–Trinajstić information content (AvgIpc) is 3.27. The van der Waals surface area contributed by atoms with Gasteiger partial charge in [-0.25, -0.2) is 9.37 Å². The molecule has 1 aliphatic rings. The van der Waals surface area contributed by atoms with Crippen LogP contribution in [0.3, 0.4) is 0 Å². The molecular formula is C17H15FN4O. The van der Waals surface area contributed by atoms with Gasteiger partial charge in [0.1, 0.15) is 5.82 Å². The van der Waals surface area contributed by atoms with Crippen LogP contribution >= 0.6 is 0 Å². The molecule has 1 fully saturated rings. The van der Waals surface area contributed by atoms with Gasteiger partial charge in [-0.2, -0.15) is 0 Å². The summed E-state index contributed by atoms with van der Waals surface area (Å²) in [6.07, 6.45) is 5.14. The van der Waals surface area contributed by atoms with Gasteiger partial charge in [0.25, 0.3) is 5.56 Å². The molecule has 4 rings (SSSR count). The fraction of sp³-hybridized carbons (Fsp3) is 0.235. The Bertz CT molecular complexity index is 948. The molecule has 0 aliphatic heterocycles. The van der Waals surface area contributed by atoms with Gasteiger partial charge in [-0.15, -0.1) is 0 Å². The van der Waals surface area contributed by atoms with Crippen molar-refractivity contribution in [3.05, 3.63) is 58.9 Å². The van der Waals surface area contributed by atoms with E-state index in [1.54, 1.807) is 23.0 Å². The molecule has 0 saturated heterocycles. The van der Waals surface area contributed by atoms with E-state index in [4.69, 9.17) is 0 Å². The second-order valence-corrected chi connectivity index (χ2v) is 6.10. The van der Waals surface area contributed by atoms with Crippen LogP contribution < -0.4 is 10.9 Å². The molecule has 0 spiro atoms. The largest absolute Gasteiger partial charge is 0.324 e. The van der Waals surface area contributed by atoms with Crippen LogP contribution in [-0.4, -0.2) is 14.5 Å². The Morgan fingerprint density at radius 3 is 2.83 bits per heavy atom. The second-order valence-electron chi connectivity index (χ2n) is 6.10. The number of hydrogen-bond acceptors (Lipinski definition) is 4. The number of rotatable bonds is 3. The maximum atomic E-state index is 13.5. The minimum absolute atomic E-state index is 0.221. The van der Waals surface area contributed by atoms with Crippen LogP contribution in [0.5, 0.6) is 0 Å². The highest BCUT2D eigenvalue weighted by Crippen LogP contribution is 2.43. The van der Waals surface area contributed by atoms with Gasteiger partial charge in [0.05, 0.1) is 22.8 Å². The zero-order valence-electron chi connectivity index (χ0n) is 12.6. The van der Waals surface area contributed by atoms with E-state index in [0.717, 1.165) is 18.5 Å². The van der Waals surface area contributed by atoms with Crippen LogP contribution in [0.25, 0.3) is 10.9 Å². The molecule has 6 heteroatoms. The molecule has 2 heterocycles. The number of pyridine rings is 1. The zero-order valence-corrected chi connectivity index (χ0v) is 12.6. The van der Waals surface area contributed by atoms with Crippen LogP contribution in [0.4, 0.5) is 16.0 Å². The summed E-state index contributed by atoms with van der Waals surface area (Å²) in [6.45, 7) is 2.01. The Morgan fingerprint density at radius 2 is 2.13 bits per heavy atom. The van der Waals surface area contributed by atoms with Crippen molar-refractivity contribution < 1.29 is 4.39 Å². The van der Waals surface area contributed by atoms with Crippen molar-refractivity contribution in [1.82, 2.24) is 14.5 Å². The zero-order chi connectivity index (χ0) is 16.0. The van der Waals surface area contributed by atoms with Crippen molar-refractivity contribution in [2.24, 2.45) is 0 Å². The van der Waals surface area contributed by atoms with Crippen molar-refractivity contribution in [2.45, 2.75) is 25.3 Å². The number of nitrogens with zero attached hydrogens (tertiary/aromatic N) is 3. The third-order valence-electron chi connectivity index (χ3n) is 4.26. The predicted molar refractivity (Wildman–Crippen MR) is 86.4 cm³/mol. The molecule has 5 nitrogen and oxygen atoms in total. The first-order valence-corrected chi connectivity index (χ1v) is 7.47. The molecule has 2 aromatic heterocycles. The Hall–Kier alpha value is -2.76. The molecule has 1 saturated carbocycles. The molecule has 0 unspecified atom stereocenters. The van der Waals surface area contributed by atoms with E-state index in [0.29, 0.717) is 16.9 Å². The van der Waals surface area contributed by atoms with Crippen molar-refractivity contribution in [2.75, 3.05) is 5.32 Å². The van der Waals surface area contributed by atoms with Crippen LogP contribution in [0.15, 0.2) is 47.5 Å². The summed E-state index contributed by atoms with van der Waals surface area (Å²) in [7, 11) is 0. The highest BCUT2D eigenvalue weighted by Gasteiger charge is 2.42. The van der Waals surface area contributed by atoms with Gasteiger partial charge in [0.15, 0.2) is 0 Å². The first-order chi connectivity index (χ1) is 11.1. The molecule has 0 radical (unpaired) electrons. The minimum atomic E-state index is -0.433. The van der Waals surface area contributed by atoms with Gasteiger partial charge >= 0.3 is 0 Å². The molecule has 1 N–H and O–H groups in total. The van der Waals surface area contributed by atoms with E-state index in [1.807, 2.05) is 13.0 Å². The molecule has 23 heavy (non-hydrogen) atoms. The topological polar surface area (TPSA) is 59.8 Å². The minimum Gasteiger partial charge on any atom is -0.324 e. The summed E-state index contributed by atoms with van der Waals surface area (Å²) in [4.78, 5) is 21.5. The van der Waals surface area contributed by atoms with Gasteiger partial charge in [-0.3, -0.25) is 14.3 Å². The van der Waals surface area contributed by atoms with Crippen molar-refractivity contribution in [1.29, 1.82) is 0 Å². The van der Waals surface area contributed by atoms with E-state index in [1.165, 1.54) is 18.2 Å². The Kier molecular flexibility index (Phi) is 2.94. The van der Waals surface area contributed by atoms with Gasteiger partial charge in [-0.05, 0) is 50.1 Å². The van der Waals surface area contributed by atoms with Crippen LogP contribution in [0.1, 0.15) is 19.8 Å². The van der Waals surface area contributed by atoms with Crippen LogP contribution in [0, 0.1) is 5.82 Å². The highest BCUT2D eigenvalue weighted by molar-refractivity contribution is 5.79. The van der Waals surface area contributed by atoms with E-state index < -0.39 is 5.82 Å². The van der Waals surface area contributed by atoms with Gasteiger partial charge in [-0.1, -0.05) is 0 Å². The Labute approximate surface area is 131 Å². The SMILES string of the molecule is CC1(n2c(Nc3cccnc3)nc3ccc(F)cc3c2=O)CC1. The fourth-order valence-electron chi connectivity index (χ4n) is 2.71. The lowest BCUT2D eigenvalue weighted by atomic mass is 10.2. The molecular weight excluding hydrogens is 295 g/mol. The van der Waals surface area contributed by atoms with E-state index >= 15 is 0 Å². The molecule has 116 valence electrons. The quantitative estimate of drug-likeness (QED) is 0.807. The molecule has 1 aliphatic carbocycles. The number of halogens is 1. The Morgan fingerprint density at radius 1 is 1.30 bits per heavy atom. The van der Waals surface area contributed by atoms with E-state index in [9.17, 15) is 9.18 Å². The number of aromatic nitrogens is 3. The van der Waals surface area contributed by atoms with E-state index in [-0.39, 0.29) is 11.1 Å². The maximum Gasteiger partial charge on any atom is 0.263 e. The van der Waals surface area contributed by atoms with Crippen molar-refractivity contribution >= 4 is 22.5 Å². The second kappa shape index (κ2) is 4.87. The smallest absolute Gasteiger partial charge is 0.263 e. The Balaban J connectivity index is 1.95. The van der Waals surface area contributed by atoms with Gasteiger partial charge < -0.3 is 5.32 Å². The number of anilines is 2. The molecule has 3 aromatic rings. The lowest BCUT2D eigenvalue weighted by molar-refractivity contribution is 0.517. The lowest BCUT2D eigenvalue weighted by Crippen LogP contribution is -2.31. The van der Waals surface area contributed by atoms with Crippen LogP contribution in [0.2, 0.25) is 0 Å². The molecule has 0 bridgehead atoms. The normalized spacial score (nSPS) is 15.6. The van der Waals surface area contributed by atoms with E-state index in [2.05, 4.69) is 15.3 Å². The standard InChI is InChI=1S/C17H15FN4O/c1-17(6-7-17)22-15(23)13-9-11(18)4-5-14(13)21-16(22)20-12-3-2-8-19-10-12/h2-5,8-10H,6-7H2,1H3,(H,20,21). The first kappa shape index (κ1) is 13.9. The maximum absolute atomic E-state index is 13.5. The lowest BCUT2D eigenvalue weighted by Gasteiger charge is -2.19. The summed E-state index contributed by atoms with van der Waals surface area (Å²) >= 11 is 0. The fourth-order valence-corrected chi connectivity index (χ4v) is 2.71. The monoisotopic (exact) mass is 310 g/mol. The third kappa shape index (κ3) is 2.36. The number of fused-ring (bicyclic) bond motifs is 1. The number of hydrogen-bond donors (Lipinski definition) is 1. The average molecular weight is 310 g/mol. The molecule has 0 amide bonds. The predicted octanol–water partition coefficient (Wildman–Crippen LogP) is 3.18. The molecule has 1 aromatic carbocycles. The molecule has 0 atom stereocenters. The van der Waals surface area contributed by atoms with Gasteiger partial charge in [0, 0.05) is 11.7 Å². The van der Waals surface area contributed by atoms with Crippen molar-refractivity contribution in [3.63, 3.8) is 0 Å². The summed E-state index contributed by atoms with van der Waals surface area (Å²) < 4.78 is 15.1. The third-order valence-corrected chi connectivity index (χ3v) is 4.26. The highest BCUT2D eigenvalue weighted by atomic mass is 19.1. The first-order valence-electron chi connectivity index (χ1n) is 7.47. The summed E-state index contributed by atoms with van der Waals surface area (Å²) in [5.41, 5.74) is 0.734. The number of nitrogens with one attached hydrogen (secondary N) is 1.